The minimum atomic E-state index is -0.0981. The van der Waals surface area contributed by atoms with Crippen molar-refractivity contribution in [3.8, 4) is 6.07 Å². The van der Waals surface area contributed by atoms with E-state index >= 15 is 0 Å². The number of hydrogen-bond acceptors (Lipinski definition) is 4. The summed E-state index contributed by atoms with van der Waals surface area (Å²) < 4.78 is 5.13. The van der Waals surface area contributed by atoms with Gasteiger partial charge in [-0.2, -0.15) is 5.26 Å². The molecule has 5 heteroatoms. The SMILES string of the molecule is CCOC(=O)C1CCC(c2c(C#N)cnc3ccc(Cl)cc23)CC1. The predicted octanol–water partition coefficient (Wildman–Crippen LogP) is 4.60. The molecule has 3 rings (SSSR count). The Morgan fingerprint density at radius 2 is 2.12 bits per heavy atom. The van der Waals surface area contributed by atoms with Crippen LogP contribution in [0.2, 0.25) is 5.02 Å². The quantitative estimate of drug-likeness (QED) is 0.765. The lowest BCUT2D eigenvalue weighted by molar-refractivity contribution is -0.149. The number of nitrogens with zero attached hydrogens (tertiary/aromatic N) is 2. The standard InChI is InChI=1S/C19H19ClN2O2/c1-2-24-19(23)13-5-3-12(4-6-13)18-14(10-21)11-22-17-8-7-15(20)9-16(17)18/h7-9,11-13H,2-6H2,1H3. The number of fused-ring (bicyclic) bond motifs is 1. The molecule has 0 radical (unpaired) electrons. The fourth-order valence-electron chi connectivity index (χ4n) is 3.59. The van der Waals surface area contributed by atoms with Crippen molar-refractivity contribution in [1.82, 2.24) is 4.98 Å². The van der Waals surface area contributed by atoms with Crippen molar-refractivity contribution in [1.29, 1.82) is 5.26 Å². The monoisotopic (exact) mass is 342 g/mol. The summed E-state index contributed by atoms with van der Waals surface area (Å²) in [5, 5.41) is 11.1. The number of benzene rings is 1. The molecule has 4 nitrogen and oxygen atoms in total. The van der Waals surface area contributed by atoms with Crippen LogP contribution in [-0.2, 0) is 9.53 Å². The molecule has 1 fully saturated rings. The maximum atomic E-state index is 11.9. The van der Waals surface area contributed by atoms with E-state index in [2.05, 4.69) is 11.1 Å². The highest BCUT2D eigenvalue weighted by atomic mass is 35.5. The van der Waals surface area contributed by atoms with Crippen LogP contribution in [0.25, 0.3) is 10.9 Å². The molecule has 0 unspecified atom stereocenters. The van der Waals surface area contributed by atoms with E-state index in [4.69, 9.17) is 16.3 Å². The first kappa shape index (κ1) is 16.7. The Morgan fingerprint density at radius 1 is 1.38 bits per heavy atom. The molecule has 0 spiro atoms. The molecule has 0 aliphatic heterocycles. The van der Waals surface area contributed by atoms with Crippen LogP contribution in [0.5, 0.6) is 0 Å². The fourth-order valence-corrected chi connectivity index (χ4v) is 3.76. The highest BCUT2D eigenvalue weighted by molar-refractivity contribution is 6.31. The Bertz CT molecular complexity index is 805. The Morgan fingerprint density at radius 3 is 2.79 bits per heavy atom. The minimum absolute atomic E-state index is 0.0246. The first-order valence-electron chi connectivity index (χ1n) is 8.29. The van der Waals surface area contributed by atoms with Crippen LogP contribution < -0.4 is 0 Å². The summed E-state index contributed by atoms with van der Waals surface area (Å²) in [7, 11) is 0. The average molecular weight is 343 g/mol. The summed E-state index contributed by atoms with van der Waals surface area (Å²) in [5.74, 6) is 0.122. The van der Waals surface area contributed by atoms with Crippen LogP contribution in [0.4, 0.5) is 0 Å². The number of nitriles is 1. The summed E-state index contributed by atoms with van der Waals surface area (Å²) in [6.07, 6.45) is 4.95. The van der Waals surface area contributed by atoms with Gasteiger partial charge in [0.1, 0.15) is 6.07 Å². The molecule has 0 N–H and O–H groups in total. The number of aromatic nitrogens is 1. The molecule has 0 amide bonds. The van der Waals surface area contributed by atoms with Gasteiger partial charge in [0.15, 0.2) is 0 Å². The number of rotatable bonds is 3. The van der Waals surface area contributed by atoms with E-state index in [9.17, 15) is 10.1 Å². The van der Waals surface area contributed by atoms with E-state index in [-0.39, 0.29) is 17.8 Å². The van der Waals surface area contributed by atoms with Crippen LogP contribution in [0.1, 0.15) is 49.7 Å². The van der Waals surface area contributed by atoms with Gasteiger partial charge >= 0.3 is 5.97 Å². The Hall–Kier alpha value is -2.12. The molecule has 1 aliphatic rings. The number of pyridine rings is 1. The van der Waals surface area contributed by atoms with Gasteiger partial charge in [-0.25, -0.2) is 0 Å². The van der Waals surface area contributed by atoms with Crippen LogP contribution in [0.15, 0.2) is 24.4 Å². The van der Waals surface area contributed by atoms with E-state index in [1.165, 1.54) is 0 Å². The van der Waals surface area contributed by atoms with Gasteiger partial charge in [0.2, 0.25) is 0 Å². The molecule has 1 heterocycles. The highest BCUT2D eigenvalue weighted by Gasteiger charge is 2.30. The highest BCUT2D eigenvalue weighted by Crippen LogP contribution is 2.40. The Balaban J connectivity index is 1.91. The van der Waals surface area contributed by atoms with Crippen LogP contribution in [0, 0.1) is 17.2 Å². The lowest BCUT2D eigenvalue weighted by Crippen LogP contribution is -2.23. The largest absolute Gasteiger partial charge is 0.466 e. The van der Waals surface area contributed by atoms with Crippen LogP contribution >= 0.6 is 11.6 Å². The number of carbonyl (C=O) groups is 1. The fraction of sp³-hybridized carbons (Fsp3) is 0.421. The molecule has 0 atom stereocenters. The van der Waals surface area contributed by atoms with Crippen molar-refractivity contribution in [3.05, 3.63) is 40.5 Å². The minimum Gasteiger partial charge on any atom is -0.466 e. The zero-order valence-corrected chi connectivity index (χ0v) is 14.3. The number of ether oxygens (including phenoxy) is 1. The van der Waals surface area contributed by atoms with E-state index < -0.39 is 0 Å². The summed E-state index contributed by atoms with van der Waals surface area (Å²) in [4.78, 5) is 16.3. The van der Waals surface area contributed by atoms with Gasteiger partial charge in [0, 0.05) is 16.6 Å². The third-order valence-electron chi connectivity index (χ3n) is 4.75. The maximum Gasteiger partial charge on any atom is 0.308 e. The van der Waals surface area contributed by atoms with Gasteiger partial charge in [0.05, 0.1) is 23.6 Å². The molecule has 0 bridgehead atoms. The number of esters is 1. The molecule has 24 heavy (non-hydrogen) atoms. The molecule has 1 aromatic carbocycles. The smallest absolute Gasteiger partial charge is 0.308 e. The van der Waals surface area contributed by atoms with E-state index in [0.717, 1.165) is 42.1 Å². The molecular formula is C19H19ClN2O2. The van der Waals surface area contributed by atoms with Gasteiger partial charge in [0.25, 0.3) is 0 Å². The zero-order chi connectivity index (χ0) is 17.1. The van der Waals surface area contributed by atoms with Crippen molar-refractivity contribution < 1.29 is 9.53 Å². The number of halogens is 1. The van der Waals surface area contributed by atoms with Crippen molar-refractivity contribution in [2.75, 3.05) is 6.61 Å². The number of carbonyl (C=O) groups excluding carboxylic acids is 1. The van der Waals surface area contributed by atoms with Crippen LogP contribution in [-0.4, -0.2) is 17.6 Å². The molecule has 1 aliphatic carbocycles. The lowest BCUT2D eigenvalue weighted by Gasteiger charge is -2.28. The molecule has 0 saturated heterocycles. The summed E-state index contributed by atoms with van der Waals surface area (Å²) in [6, 6.07) is 7.84. The van der Waals surface area contributed by atoms with Gasteiger partial charge in [-0.15, -0.1) is 0 Å². The topological polar surface area (TPSA) is 63.0 Å². The first-order valence-corrected chi connectivity index (χ1v) is 8.66. The van der Waals surface area contributed by atoms with Crippen molar-refractivity contribution in [3.63, 3.8) is 0 Å². The number of hydrogen-bond donors (Lipinski definition) is 0. The van der Waals surface area contributed by atoms with Gasteiger partial charge in [-0.1, -0.05) is 11.6 Å². The lowest BCUT2D eigenvalue weighted by atomic mass is 9.76. The van der Waals surface area contributed by atoms with Crippen molar-refractivity contribution in [2.24, 2.45) is 5.92 Å². The average Bonchev–Trinajstić information content (AvgIpc) is 2.61. The van der Waals surface area contributed by atoms with E-state index in [1.807, 2.05) is 25.1 Å². The van der Waals surface area contributed by atoms with Crippen molar-refractivity contribution in [2.45, 2.75) is 38.5 Å². The summed E-state index contributed by atoms with van der Waals surface area (Å²) in [6.45, 7) is 2.25. The molecule has 1 aromatic heterocycles. The normalized spacial score (nSPS) is 20.5. The van der Waals surface area contributed by atoms with E-state index in [0.29, 0.717) is 17.2 Å². The molecular weight excluding hydrogens is 324 g/mol. The third kappa shape index (κ3) is 3.22. The van der Waals surface area contributed by atoms with Crippen molar-refractivity contribution >= 4 is 28.5 Å². The second kappa shape index (κ2) is 7.19. The maximum absolute atomic E-state index is 11.9. The third-order valence-corrected chi connectivity index (χ3v) is 4.98. The first-order chi connectivity index (χ1) is 11.6. The van der Waals surface area contributed by atoms with Gasteiger partial charge < -0.3 is 4.74 Å². The summed E-state index contributed by atoms with van der Waals surface area (Å²) in [5.41, 5.74) is 2.47. The second-order valence-electron chi connectivity index (χ2n) is 6.16. The summed E-state index contributed by atoms with van der Waals surface area (Å²) >= 11 is 6.15. The van der Waals surface area contributed by atoms with Crippen LogP contribution in [0.3, 0.4) is 0 Å². The zero-order valence-electron chi connectivity index (χ0n) is 13.6. The van der Waals surface area contributed by atoms with E-state index in [1.54, 1.807) is 6.20 Å². The molecule has 1 saturated carbocycles. The Labute approximate surface area is 146 Å². The predicted molar refractivity (Wildman–Crippen MR) is 92.8 cm³/mol. The molecule has 124 valence electrons. The second-order valence-corrected chi connectivity index (χ2v) is 6.60. The van der Waals surface area contributed by atoms with Gasteiger partial charge in [-0.3, -0.25) is 9.78 Å². The Kier molecular flexibility index (Phi) is 5.01. The van der Waals surface area contributed by atoms with Gasteiger partial charge in [-0.05, 0) is 62.3 Å². The molecule has 2 aromatic rings.